The average molecular weight is 263 g/mol. The van der Waals surface area contributed by atoms with E-state index in [2.05, 4.69) is 0 Å². The van der Waals surface area contributed by atoms with E-state index < -0.39 is 0 Å². The number of amides is 1. The number of rotatable bonds is 3. The highest BCUT2D eigenvalue weighted by Gasteiger charge is 2.42. The molecule has 2 fully saturated rings. The van der Waals surface area contributed by atoms with Gasteiger partial charge in [-0.05, 0) is 26.2 Å². The van der Waals surface area contributed by atoms with Crippen LogP contribution in [0.25, 0.3) is 0 Å². The molecule has 4 nitrogen and oxygen atoms in total. The molecular formula is C12H23ClN2O2. The zero-order valence-electron chi connectivity index (χ0n) is 10.5. The number of likely N-dealkylation sites (tertiary alicyclic amines) is 1. The summed E-state index contributed by atoms with van der Waals surface area (Å²) in [6.45, 7) is 5.45. The van der Waals surface area contributed by atoms with E-state index in [1.807, 2.05) is 11.8 Å². The first kappa shape index (κ1) is 14.7. The molecule has 2 N–H and O–H groups in total. The zero-order chi connectivity index (χ0) is 11.6. The van der Waals surface area contributed by atoms with Gasteiger partial charge in [-0.2, -0.15) is 0 Å². The van der Waals surface area contributed by atoms with Crippen LogP contribution in [0.2, 0.25) is 0 Å². The zero-order valence-corrected chi connectivity index (χ0v) is 11.3. The van der Waals surface area contributed by atoms with E-state index in [1.54, 1.807) is 0 Å². The smallest absolute Gasteiger partial charge is 0.222 e. The van der Waals surface area contributed by atoms with Gasteiger partial charge in [0.25, 0.3) is 0 Å². The van der Waals surface area contributed by atoms with Crippen molar-refractivity contribution in [2.24, 2.45) is 11.1 Å². The van der Waals surface area contributed by atoms with Crippen molar-refractivity contribution in [1.29, 1.82) is 0 Å². The van der Waals surface area contributed by atoms with Crippen LogP contribution in [0.3, 0.4) is 0 Å². The molecule has 2 saturated heterocycles. The first-order chi connectivity index (χ1) is 7.61. The number of nitrogens with zero attached hydrogens (tertiary/aromatic N) is 1. The van der Waals surface area contributed by atoms with E-state index in [-0.39, 0.29) is 29.8 Å². The third-order valence-electron chi connectivity index (χ3n) is 3.79. The standard InChI is InChI=1S/C12H22N2O2.ClH/c1-10(13)2-3-11(15)14-6-4-12(8-14)5-7-16-9-12;/h10H,2-9,13H2,1H3;1H. The highest BCUT2D eigenvalue weighted by Crippen LogP contribution is 2.38. The maximum atomic E-state index is 11.9. The summed E-state index contributed by atoms with van der Waals surface area (Å²) in [4.78, 5) is 13.9. The van der Waals surface area contributed by atoms with Crippen LogP contribution in [0, 0.1) is 5.41 Å². The molecule has 2 atom stereocenters. The van der Waals surface area contributed by atoms with Crippen LogP contribution in [-0.2, 0) is 9.53 Å². The van der Waals surface area contributed by atoms with Crippen molar-refractivity contribution in [1.82, 2.24) is 4.90 Å². The SMILES string of the molecule is CC(N)CCC(=O)N1CCC2(CCOC2)C1.Cl. The fraction of sp³-hybridized carbons (Fsp3) is 0.917. The Kier molecular flexibility index (Phi) is 5.22. The van der Waals surface area contributed by atoms with E-state index in [9.17, 15) is 4.79 Å². The van der Waals surface area contributed by atoms with Crippen molar-refractivity contribution >= 4 is 18.3 Å². The molecular weight excluding hydrogens is 240 g/mol. The molecule has 17 heavy (non-hydrogen) atoms. The predicted molar refractivity (Wildman–Crippen MR) is 69.2 cm³/mol. The molecule has 100 valence electrons. The normalized spacial score (nSPS) is 29.4. The van der Waals surface area contributed by atoms with Gasteiger partial charge in [0.2, 0.25) is 5.91 Å². The molecule has 0 aromatic carbocycles. The van der Waals surface area contributed by atoms with Gasteiger partial charge in [-0.15, -0.1) is 12.4 Å². The van der Waals surface area contributed by atoms with Gasteiger partial charge >= 0.3 is 0 Å². The largest absolute Gasteiger partial charge is 0.381 e. The molecule has 2 unspecified atom stereocenters. The second-order valence-corrected chi connectivity index (χ2v) is 5.38. The molecule has 2 heterocycles. The monoisotopic (exact) mass is 262 g/mol. The molecule has 1 spiro atoms. The van der Waals surface area contributed by atoms with Crippen molar-refractivity contribution in [3.63, 3.8) is 0 Å². The summed E-state index contributed by atoms with van der Waals surface area (Å²) in [5.41, 5.74) is 5.95. The highest BCUT2D eigenvalue weighted by molar-refractivity contribution is 5.85. The van der Waals surface area contributed by atoms with Crippen LogP contribution in [0.4, 0.5) is 0 Å². The molecule has 0 saturated carbocycles. The number of nitrogens with two attached hydrogens (primary N) is 1. The quantitative estimate of drug-likeness (QED) is 0.831. The topological polar surface area (TPSA) is 55.6 Å². The summed E-state index contributed by atoms with van der Waals surface area (Å²) in [6, 6.07) is 0.121. The summed E-state index contributed by atoms with van der Waals surface area (Å²) in [7, 11) is 0. The summed E-state index contributed by atoms with van der Waals surface area (Å²) in [6.07, 6.45) is 3.61. The van der Waals surface area contributed by atoms with Crippen LogP contribution < -0.4 is 5.73 Å². The van der Waals surface area contributed by atoms with Gasteiger partial charge in [-0.25, -0.2) is 0 Å². The number of hydrogen-bond acceptors (Lipinski definition) is 3. The predicted octanol–water partition coefficient (Wildman–Crippen LogP) is 1.17. The van der Waals surface area contributed by atoms with E-state index in [0.717, 1.165) is 45.6 Å². The van der Waals surface area contributed by atoms with Crippen molar-refractivity contribution in [3.05, 3.63) is 0 Å². The molecule has 0 aromatic rings. The highest BCUT2D eigenvalue weighted by atomic mass is 35.5. The average Bonchev–Trinajstić information content (AvgIpc) is 2.86. The lowest BCUT2D eigenvalue weighted by atomic mass is 9.87. The van der Waals surface area contributed by atoms with Gasteiger partial charge in [0.15, 0.2) is 0 Å². The van der Waals surface area contributed by atoms with Gasteiger partial charge < -0.3 is 15.4 Å². The van der Waals surface area contributed by atoms with Crippen molar-refractivity contribution in [2.75, 3.05) is 26.3 Å². The maximum absolute atomic E-state index is 11.9. The van der Waals surface area contributed by atoms with Gasteiger partial charge in [-0.1, -0.05) is 0 Å². The van der Waals surface area contributed by atoms with Crippen LogP contribution in [0.1, 0.15) is 32.6 Å². The van der Waals surface area contributed by atoms with Crippen LogP contribution in [-0.4, -0.2) is 43.2 Å². The van der Waals surface area contributed by atoms with Crippen LogP contribution in [0.15, 0.2) is 0 Å². The lowest BCUT2D eigenvalue weighted by Crippen LogP contribution is -2.33. The van der Waals surface area contributed by atoms with Crippen molar-refractivity contribution in [3.8, 4) is 0 Å². The second-order valence-electron chi connectivity index (χ2n) is 5.38. The Bertz CT molecular complexity index is 265. The van der Waals surface area contributed by atoms with E-state index in [0.29, 0.717) is 6.42 Å². The Morgan fingerprint density at radius 1 is 1.53 bits per heavy atom. The second kappa shape index (κ2) is 6.03. The van der Waals surface area contributed by atoms with Gasteiger partial charge in [0.05, 0.1) is 6.61 Å². The molecule has 2 aliphatic rings. The van der Waals surface area contributed by atoms with Crippen molar-refractivity contribution < 1.29 is 9.53 Å². The Balaban J connectivity index is 0.00000144. The molecule has 0 aliphatic carbocycles. The molecule has 0 aromatic heterocycles. The van der Waals surface area contributed by atoms with E-state index in [4.69, 9.17) is 10.5 Å². The minimum absolute atomic E-state index is 0. The summed E-state index contributed by atoms with van der Waals surface area (Å²) in [5, 5.41) is 0. The van der Waals surface area contributed by atoms with E-state index in [1.165, 1.54) is 0 Å². The molecule has 5 heteroatoms. The lowest BCUT2D eigenvalue weighted by molar-refractivity contribution is -0.130. The molecule has 0 radical (unpaired) electrons. The number of carbonyl (C=O) groups excluding carboxylic acids is 1. The fourth-order valence-electron chi connectivity index (χ4n) is 2.63. The Hall–Kier alpha value is -0.320. The minimum atomic E-state index is 0. The Morgan fingerprint density at radius 3 is 2.88 bits per heavy atom. The first-order valence-corrected chi connectivity index (χ1v) is 6.22. The molecule has 0 bridgehead atoms. The number of ether oxygens (including phenoxy) is 1. The molecule has 2 aliphatic heterocycles. The van der Waals surface area contributed by atoms with Gasteiger partial charge in [0.1, 0.15) is 0 Å². The van der Waals surface area contributed by atoms with E-state index >= 15 is 0 Å². The first-order valence-electron chi connectivity index (χ1n) is 6.22. The fourth-order valence-corrected chi connectivity index (χ4v) is 2.63. The summed E-state index contributed by atoms with van der Waals surface area (Å²) >= 11 is 0. The number of carbonyl (C=O) groups is 1. The minimum Gasteiger partial charge on any atom is -0.381 e. The van der Waals surface area contributed by atoms with Gasteiger partial charge in [0, 0.05) is 37.6 Å². The lowest BCUT2D eigenvalue weighted by Gasteiger charge is -2.22. The summed E-state index contributed by atoms with van der Waals surface area (Å²) < 4.78 is 5.45. The van der Waals surface area contributed by atoms with Crippen LogP contribution in [0.5, 0.6) is 0 Å². The van der Waals surface area contributed by atoms with Gasteiger partial charge in [-0.3, -0.25) is 4.79 Å². The third-order valence-corrected chi connectivity index (χ3v) is 3.79. The Labute approximate surface area is 109 Å². The number of hydrogen-bond donors (Lipinski definition) is 1. The van der Waals surface area contributed by atoms with Crippen LogP contribution >= 0.6 is 12.4 Å². The summed E-state index contributed by atoms with van der Waals surface area (Å²) in [5.74, 6) is 0.265. The Morgan fingerprint density at radius 2 is 2.29 bits per heavy atom. The maximum Gasteiger partial charge on any atom is 0.222 e. The molecule has 1 amide bonds. The molecule has 2 rings (SSSR count). The third kappa shape index (κ3) is 3.57. The number of halogens is 1. The van der Waals surface area contributed by atoms with Crippen molar-refractivity contribution in [2.45, 2.75) is 38.6 Å².